The van der Waals surface area contributed by atoms with Gasteiger partial charge in [0.05, 0.1) is 26.4 Å². The minimum atomic E-state index is -0.544. The van der Waals surface area contributed by atoms with Gasteiger partial charge in [0.2, 0.25) is 6.29 Å². The molecule has 0 saturated carbocycles. The van der Waals surface area contributed by atoms with Gasteiger partial charge in [0, 0.05) is 25.4 Å². The van der Waals surface area contributed by atoms with Crippen molar-refractivity contribution in [1.82, 2.24) is 4.90 Å². The van der Waals surface area contributed by atoms with E-state index in [2.05, 4.69) is 42.5 Å². The first kappa shape index (κ1) is 23.9. The molecule has 1 amide bonds. The first-order valence-electron chi connectivity index (χ1n) is 12.9. The smallest absolute Gasteiger partial charge is 0.288 e. The summed E-state index contributed by atoms with van der Waals surface area (Å²) in [6.07, 6.45) is 2.98. The highest BCUT2D eigenvalue weighted by atomic mass is 16.7. The zero-order chi connectivity index (χ0) is 25.2. The number of hydrogen-bond acceptors (Lipinski definition) is 5. The van der Waals surface area contributed by atoms with E-state index in [9.17, 15) is 9.90 Å². The van der Waals surface area contributed by atoms with Crippen LogP contribution in [0.3, 0.4) is 0 Å². The molecular weight excluding hydrogens is 466 g/mol. The SMILES string of the molecule is O=C(C1=C[C@@H](c2ccc3c(c2)Cc2ccccc2-3)C[C@@H](OCc2ccc(CO)cc2)O1)N1CCOCC1. The monoisotopic (exact) mass is 497 g/mol. The first-order chi connectivity index (χ1) is 18.2. The van der Waals surface area contributed by atoms with Crippen molar-refractivity contribution in [2.45, 2.75) is 38.3 Å². The number of aliphatic hydroxyl groups excluding tert-OH is 1. The number of carbonyl (C=O) groups excluding carboxylic acids is 1. The molecule has 3 aromatic carbocycles. The lowest BCUT2D eigenvalue weighted by molar-refractivity contribution is -0.158. The summed E-state index contributed by atoms with van der Waals surface area (Å²) in [5.74, 6) is 0.245. The Bertz CT molecular complexity index is 1310. The van der Waals surface area contributed by atoms with Crippen LogP contribution in [0.2, 0.25) is 0 Å². The maximum atomic E-state index is 13.4. The molecule has 0 radical (unpaired) electrons. The zero-order valence-corrected chi connectivity index (χ0v) is 20.8. The summed E-state index contributed by atoms with van der Waals surface area (Å²) in [6.45, 7) is 2.57. The van der Waals surface area contributed by atoms with Crippen LogP contribution < -0.4 is 0 Å². The van der Waals surface area contributed by atoms with Crippen molar-refractivity contribution in [3.8, 4) is 11.1 Å². The number of nitrogens with zero attached hydrogens (tertiary/aromatic N) is 1. The number of amides is 1. The number of fused-ring (bicyclic) bond motifs is 3. The number of hydrogen-bond donors (Lipinski definition) is 1. The Morgan fingerprint density at radius 2 is 1.70 bits per heavy atom. The van der Waals surface area contributed by atoms with Crippen LogP contribution in [-0.4, -0.2) is 48.5 Å². The third kappa shape index (κ3) is 5.05. The van der Waals surface area contributed by atoms with E-state index in [0.29, 0.717) is 45.1 Å². The second kappa shape index (κ2) is 10.5. The number of allylic oxidation sites excluding steroid dienone is 1. The summed E-state index contributed by atoms with van der Waals surface area (Å²) in [5, 5.41) is 9.30. The molecule has 1 saturated heterocycles. The van der Waals surface area contributed by atoms with Gasteiger partial charge < -0.3 is 24.2 Å². The van der Waals surface area contributed by atoms with Gasteiger partial charge in [-0.25, -0.2) is 0 Å². The fraction of sp³-hybridized carbons (Fsp3) is 0.323. The van der Waals surface area contributed by atoms with Gasteiger partial charge >= 0.3 is 0 Å². The summed E-state index contributed by atoms with van der Waals surface area (Å²) in [6, 6.07) is 22.9. The van der Waals surface area contributed by atoms with Crippen molar-refractivity contribution in [3.05, 3.63) is 106 Å². The van der Waals surface area contributed by atoms with Gasteiger partial charge in [-0.2, -0.15) is 0 Å². The van der Waals surface area contributed by atoms with Crippen LogP contribution in [-0.2, 0) is 38.6 Å². The summed E-state index contributed by atoms with van der Waals surface area (Å²) in [5.41, 5.74) is 8.29. The van der Waals surface area contributed by atoms with E-state index < -0.39 is 6.29 Å². The van der Waals surface area contributed by atoms with Crippen LogP contribution in [0.15, 0.2) is 78.6 Å². The minimum absolute atomic E-state index is 0.00418. The lowest BCUT2D eigenvalue weighted by Crippen LogP contribution is -2.43. The number of benzene rings is 3. The van der Waals surface area contributed by atoms with Crippen LogP contribution in [0, 0.1) is 0 Å². The first-order valence-corrected chi connectivity index (χ1v) is 12.9. The average molecular weight is 498 g/mol. The van der Waals surface area contributed by atoms with Gasteiger partial charge in [0.25, 0.3) is 5.91 Å². The van der Waals surface area contributed by atoms with Crippen LogP contribution >= 0.6 is 0 Å². The number of rotatable bonds is 6. The van der Waals surface area contributed by atoms with Gasteiger partial charge in [-0.3, -0.25) is 4.79 Å². The third-order valence-corrected chi connectivity index (χ3v) is 7.45. The molecule has 2 atom stereocenters. The quantitative estimate of drug-likeness (QED) is 0.424. The molecule has 1 fully saturated rings. The molecule has 3 aliphatic rings. The fourth-order valence-corrected chi connectivity index (χ4v) is 5.39. The van der Waals surface area contributed by atoms with E-state index in [-0.39, 0.29) is 18.4 Å². The Morgan fingerprint density at radius 3 is 2.51 bits per heavy atom. The number of aliphatic hydroxyl groups is 1. The topological polar surface area (TPSA) is 68.2 Å². The predicted octanol–water partition coefficient (Wildman–Crippen LogP) is 4.54. The Labute approximate surface area is 217 Å². The normalized spacial score (nSPS) is 20.6. The number of morpholine rings is 1. The maximum absolute atomic E-state index is 13.4. The maximum Gasteiger partial charge on any atom is 0.288 e. The molecule has 6 nitrogen and oxygen atoms in total. The molecular formula is C31H31NO5. The van der Waals surface area contributed by atoms with E-state index in [0.717, 1.165) is 17.5 Å². The van der Waals surface area contributed by atoms with E-state index in [1.54, 1.807) is 4.90 Å². The van der Waals surface area contributed by atoms with Crippen molar-refractivity contribution < 1.29 is 24.1 Å². The molecule has 0 unspecified atom stereocenters. The van der Waals surface area contributed by atoms with Gasteiger partial charge in [-0.1, -0.05) is 66.7 Å². The zero-order valence-electron chi connectivity index (χ0n) is 20.8. The molecule has 0 bridgehead atoms. The lowest BCUT2D eigenvalue weighted by Gasteiger charge is -2.33. The van der Waals surface area contributed by atoms with Crippen LogP contribution in [0.1, 0.15) is 40.2 Å². The van der Waals surface area contributed by atoms with Gasteiger partial charge in [-0.05, 0) is 51.4 Å². The molecule has 6 rings (SSSR count). The Hall–Kier alpha value is -3.45. The van der Waals surface area contributed by atoms with Gasteiger partial charge in [-0.15, -0.1) is 0 Å². The molecule has 2 aliphatic heterocycles. The van der Waals surface area contributed by atoms with Crippen LogP contribution in [0.4, 0.5) is 0 Å². The Kier molecular flexibility index (Phi) is 6.79. The number of ether oxygens (including phenoxy) is 3. The highest BCUT2D eigenvalue weighted by Gasteiger charge is 2.32. The summed E-state index contributed by atoms with van der Waals surface area (Å²) in [4.78, 5) is 15.1. The summed E-state index contributed by atoms with van der Waals surface area (Å²) < 4.78 is 17.7. The van der Waals surface area contributed by atoms with Crippen molar-refractivity contribution in [2.75, 3.05) is 26.3 Å². The highest BCUT2D eigenvalue weighted by molar-refractivity contribution is 5.92. The minimum Gasteiger partial charge on any atom is -0.459 e. The van der Waals surface area contributed by atoms with E-state index in [1.165, 1.54) is 27.8 Å². The second-order valence-corrected chi connectivity index (χ2v) is 9.86. The molecule has 0 spiro atoms. The Balaban J connectivity index is 1.24. The average Bonchev–Trinajstić information content (AvgIpc) is 3.34. The molecule has 1 N–H and O–H groups in total. The fourth-order valence-electron chi connectivity index (χ4n) is 5.39. The molecule has 37 heavy (non-hydrogen) atoms. The number of carbonyl (C=O) groups is 1. The molecule has 2 heterocycles. The standard InChI is InChI=1S/C31H31NO5/c33-19-21-5-7-22(8-6-21)20-36-30-18-25(17-29(37-30)31(34)32-11-13-35-14-12-32)23-9-10-28-26(15-23)16-24-3-1-2-4-27(24)28/h1-10,15,17,25,30,33H,11-14,16,18-20H2/t25-,30+/m1/s1. The largest absolute Gasteiger partial charge is 0.459 e. The lowest BCUT2D eigenvalue weighted by atomic mass is 9.90. The van der Waals surface area contributed by atoms with Crippen molar-refractivity contribution in [3.63, 3.8) is 0 Å². The van der Waals surface area contributed by atoms with Crippen LogP contribution in [0.25, 0.3) is 11.1 Å². The highest BCUT2D eigenvalue weighted by Crippen LogP contribution is 2.40. The Morgan fingerprint density at radius 1 is 0.946 bits per heavy atom. The third-order valence-electron chi connectivity index (χ3n) is 7.45. The second-order valence-electron chi connectivity index (χ2n) is 9.86. The van der Waals surface area contributed by atoms with Gasteiger partial charge in [0.15, 0.2) is 5.76 Å². The van der Waals surface area contributed by atoms with E-state index >= 15 is 0 Å². The molecule has 1 aliphatic carbocycles. The van der Waals surface area contributed by atoms with E-state index in [1.807, 2.05) is 30.3 Å². The summed E-state index contributed by atoms with van der Waals surface area (Å²) >= 11 is 0. The van der Waals surface area contributed by atoms with Crippen molar-refractivity contribution >= 4 is 5.91 Å². The predicted molar refractivity (Wildman–Crippen MR) is 140 cm³/mol. The van der Waals surface area contributed by atoms with E-state index in [4.69, 9.17) is 14.2 Å². The summed E-state index contributed by atoms with van der Waals surface area (Å²) in [7, 11) is 0. The molecule has 0 aromatic heterocycles. The molecule has 3 aromatic rings. The van der Waals surface area contributed by atoms with Crippen LogP contribution in [0.5, 0.6) is 0 Å². The molecule has 190 valence electrons. The molecule has 6 heteroatoms. The van der Waals surface area contributed by atoms with Crippen molar-refractivity contribution in [1.29, 1.82) is 0 Å². The van der Waals surface area contributed by atoms with Gasteiger partial charge in [0.1, 0.15) is 0 Å². The van der Waals surface area contributed by atoms with Crippen molar-refractivity contribution in [2.24, 2.45) is 0 Å².